The minimum absolute atomic E-state index is 0. The first kappa shape index (κ1) is 21.4. The van der Waals surface area contributed by atoms with Gasteiger partial charge in [0.15, 0.2) is 0 Å². The Morgan fingerprint density at radius 2 is 2.04 bits per heavy atom. The number of nitrogens with one attached hydrogen (secondary N) is 2. The largest absolute Gasteiger partial charge is 0.344 e. The average Bonchev–Trinajstić information content (AvgIpc) is 2.53. The molecule has 7 heteroatoms. The summed E-state index contributed by atoms with van der Waals surface area (Å²) < 4.78 is 13.5. The van der Waals surface area contributed by atoms with Gasteiger partial charge < -0.3 is 15.5 Å². The molecule has 0 radical (unpaired) electrons. The minimum atomic E-state index is -0.620. The van der Waals surface area contributed by atoms with Gasteiger partial charge in [-0.15, -0.1) is 12.4 Å². The van der Waals surface area contributed by atoms with Gasteiger partial charge in [-0.05, 0) is 24.6 Å². The Hall–Kier alpha value is -1.66. The maximum atomic E-state index is 13.5. The van der Waals surface area contributed by atoms with Gasteiger partial charge in [0.25, 0.3) is 0 Å². The number of hydrogen-bond donors (Lipinski definition) is 2. The number of carbonyl (C=O) groups excluding carboxylic acids is 2. The molecule has 5 nitrogen and oxygen atoms in total. The summed E-state index contributed by atoms with van der Waals surface area (Å²) in [4.78, 5) is 26.7. The second-order valence-corrected chi connectivity index (χ2v) is 7.25. The molecular formula is C18H27ClFN3O2. The van der Waals surface area contributed by atoms with Crippen LogP contribution in [0.3, 0.4) is 0 Å². The van der Waals surface area contributed by atoms with Crippen molar-refractivity contribution in [3.8, 4) is 0 Å². The topological polar surface area (TPSA) is 61.4 Å². The van der Waals surface area contributed by atoms with E-state index in [0.717, 1.165) is 5.56 Å². The standard InChI is InChI=1S/C18H26FN3O2.ClH/c1-12(21-17(24)18(2,3)4)16(23)22-9-8-20-11-15(22)13-6-5-7-14(19)10-13;/h5-7,10,12,15,20H,8-9,11H2,1-4H3,(H,21,24);1H. The molecule has 1 heterocycles. The van der Waals surface area contributed by atoms with Crippen LogP contribution in [-0.4, -0.2) is 42.4 Å². The molecule has 0 aliphatic carbocycles. The summed E-state index contributed by atoms with van der Waals surface area (Å²) in [5.41, 5.74) is 0.199. The first-order valence-electron chi connectivity index (χ1n) is 8.28. The first-order valence-corrected chi connectivity index (χ1v) is 8.28. The predicted octanol–water partition coefficient (Wildman–Crippen LogP) is 2.27. The lowest BCUT2D eigenvalue weighted by Gasteiger charge is -2.38. The van der Waals surface area contributed by atoms with Crippen LogP contribution in [0.1, 0.15) is 39.3 Å². The molecular weight excluding hydrogens is 345 g/mol. The van der Waals surface area contributed by atoms with Gasteiger partial charge >= 0.3 is 0 Å². The van der Waals surface area contributed by atoms with Crippen molar-refractivity contribution in [3.05, 3.63) is 35.6 Å². The van der Waals surface area contributed by atoms with E-state index in [1.807, 2.05) is 6.07 Å². The van der Waals surface area contributed by atoms with E-state index in [0.29, 0.717) is 19.6 Å². The van der Waals surface area contributed by atoms with E-state index in [4.69, 9.17) is 0 Å². The van der Waals surface area contributed by atoms with Crippen molar-refractivity contribution in [2.75, 3.05) is 19.6 Å². The number of piperazine rings is 1. The molecule has 1 aromatic carbocycles. The van der Waals surface area contributed by atoms with Crippen LogP contribution in [-0.2, 0) is 9.59 Å². The highest BCUT2D eigenvalue weighted by Gasteiger charge is 2.32. The smallest absolute Gasteiger partial charge is 0.245 e. The summed E-state index contributed by atoms with van der Waals surface area (Å²) in [5.74, 6) is -0.635. The van der Waals surface area contributed by atoms with Gasteiger partial charge in [-0.2, -0.15) is 0 Å². The van der Waals surface area contributed by atoms with Gasteiger partial charge in [0.2, 0.25) is 11.8 Å². The van der Waals surface area contributed by atoms with Crippen LogP contribution in [0.25, 0.3) is 0 Å². The second-order valence-electron chi connectivity index (χ2n) is 7.25. The SMILES string of the molecule is CC(NC(=O)C(C)(C)C)C(=O)N1CCNCC1c1cccc(F)c1.Cl. The number of halogens is 2. The number of hydrogen-bond acceptors (Lipinski definition) is 3. The van der Waals surface area contributed by atoms with Crippen LogP contribution in [0.5, 0.6) is 0 Å². The van der Waals surface area contributed by atoms with E-state index in [2.05, 4.69) is 10.6 Å². The number of rotatable bonds is 3. The fraction of sp³-hybridized carbons (Fsp3) is 0.556. The number of nitrogens with zero attached hydrogens (tertiary/aromatic N) is 1. The van der Waals surface area contributed by atoms with Gasteiger partial charge in [0, 0.05) is 25.0 Å². The number of benzene rings is 1. The Bertz CT molecular complexity index is 619. The molecule has 2 amide bonds. The van der Waals surface area contributed by atoms with Crippen molar-refractivity contribution < 1.29 is 14.0 Å². The maximum absolute atomic E-state index is 13.5. The Balaban J connectivity index is 0.00000312. The van der Waals surface area contributed by atoms with Crippen molar-refractivity contribution in [2.24, 2.45) is 5.41 Å². The third kappa shape index (κ3) is 5.41. The van der Waals surface area contributed by atoms with Crippen molar-refractivity contribution in [1.29, 1.82) is 0 Å². The zero-order valence-electron chi connectivity index (χ0n) is 15.1. The van der Waals surface area contributed by atoms with Crippen molar-refractivity contribution in [3.63, 3.8) is 0 Å². The fourth-order valence-electron chi connectivity index (χ4n) is 2.70. The molecule has 1 fully saturated rings. The molecule has 1 saturated heterocycles. The molecule has 0 bridgehead atoms. The molecule has 2 rings (SSSR count). The molecule has 2 unspecified atom stereocenters. The van der Waals surface area contributed by atoms with E-state index in [9.17, 15) is 14.0 Å². The van der Waals surface area contributed by atoms with E-state index in [1.54, 1.807) is 38.7 Å². The highest BCUT2D eigenvalue weighted by Crippen LogP contribution is 2.24. The summed E-state index contributed by atoms with van der Waals surface area (Å²) in [6.07, 6.45) is 0. The molecule has 1 aliphatic rings. The van der Waals surface area contributed by atoms with Crippen LogP contribution in [0.15, 0.2) is 24.3 Å². The van der Waals surface area contributed by atoms with Gasteiger partial charge in [-0.1, -0.05) is 32.9 Å². The lowest BCUT2D eigenvalue weighted by atomic mass is 9.95. The Kier molecular flexibility index (Phi) is 7.38. The van der Waals surface area contributed by atoms with Crippen molar-refractivity contribution >= 4 is 24.2 Å². The summed E-state index contributed by atoms with van der Waals surface area (Å²) in [6, 6.07) is 5.45. The Morgan fingerprint density at radius 3 is 2.64 bits per heavy atom. The first-order chi connectivity index (χ1) is 11.2. The zero-order chi connectivity index (χ0) is 17.9. The van der Waals surface area contributed by atoms with Crippen molar-refractivity contribution in [1.82, 2.24) is 15.5 Å². The third-order valence-electron chi connectivity index (χ3n) is 4.16. The van der Waals surface area contributed by atoms with Crippen LogP contribution in [0, 0.1) is 11.2 Å². The summed E-state index contributed by atoms with van der Waals surface area (Å²) in [7, 11) is 0. The van der Waals surface area contributed by atoms with E-state index < -0.39 is 11.5 Å². The molecule has 1 aliphatic heterocycles. The molecule has 2 atom stereocenters. The van der Waals surface area contributed by atoms with E-state index in [1.165, 1.54) is 12.1 Å². The monoisotopic (exact) mass is 371 g/mol. The molecule has 0 spiro atoms. The molecule has 0 aromatic heterocycles. The normalized spacial score (nSPS) is 18.9. The molecule has 1 aromatic rings. The lowest BCUT2D eigenvalue weighted by molar-refractivity contribution is -0.140. The van der Waals surface area contributed by atoms with Crippen LogP contribution in [0.4, 0.5) is 4.39 Å². The average molecular weight is 372 g/mol. The number of amides is 2. The van der Waals surface area contributed by atoms with Crippen LogP contribution < -0.4 is 10.6 Å². The third-order valence-corrected chi connectivity index (χ3v) is 4.16. The van der Waals surface area contributed by atoms with Crippen LogP contribution in [0.2, 0.25) is 0 Å². The Morgan fingerprint density at radius 1 is 1.36 bits per heavy atom. The molecule has 25 heavy (non-hydrogen) atoms. The van der Waals surface area contributed by atoms with Gasteiger partial charge in [-0.25, -0.2) is 4.39 Å². The zero-order valence-corrected chi connectivity index (χ0v) is 16.0. The van der Waals surface area contributed by atoms with Gasteiger partial charge in [0.1, 0.15) is 11.9 Å². The minimum Gasteiger partial charge on any atom is -0.344 e. The molecule has 140 valence electrons. The highest BCUT2D eigenvalue weighted by atomic mass is 35.5. The second kappa shape index (κ2) is 8.63. The van der Waals surface area contributed by atoms with E-state index in [-0.39, 0.29) is 36.1 Å². The Labute approximate surface area is 154 Å². The lowest BCUT2D eigenvalue weighted by Crippen LogP contribution is -2.55. The molecule has 0 saturated carbocycles. The fourth-order valence-corrected chi connectivity index (χ4v) is 2.70. The van der Waals surface area contributed by atoms with Crippen LogP contribution >= 0.6 is 12.4 Å². The van der Waals surface area contributed by atoms with E-state index >= 15 is 0 Å². The summed E-state index contributed by atoms with van der Waals surface area (Å²) in [5, 5.41) is 6.01. The quantitative estimate of drug-likeness (QED) is 0.856. The predicted molar refractivity (Wildman–Crippen MR) is 98.0 cm³/mol. The molecule has 2 N–H and O–H groups in total. The maximum Gasteiger partial charge on any atom is 0.245 e. The summed E-state index contributed by atoms with van der Waals surface area (Å²) in [6.45, 7) is 8.87. The highest BCUT2D eigenvalue weighted by molar-refractivity contribution is 5.89. The number of carbonyl (C=O) groups is 2. The van der Waals surface area contributed by atoms with Gasteiger partial charge in [0.05, 0.1) is 6.04 Å². The van der Waals surface area contributed by atoms with Crippen molar-refractivity contribution in [2.45, 2.75) is 39.8 Å². The van der Waals surface area contributed by atoms with Gasteiger partial charge in [-0.3, -0.25) is 9.59 Å². The summed E-state index contributed by atoms with van der Waals surface area (Å²) >= 11 is 0.